The largest absolute Gasteiger partial charge is 0.462 e. The summed E-state index contributed by atoms with van der Waals surface area (Å²) in [7, 11) is 1.67. The molecule has 4 heteroatoms. The highest BCUT2D eigenvalue weighted by Gasteiger charge is 2.06. The van der Waals surface area contributed by atoms with E-state index in [0.29, 0.717) is 13.2 Å². The van der Waals surface area contributed by atoms with Gasteiger partial charge in [-0.05, 0) is 25.0 Å². The molecule has 0 aliphatic rings. The van der Waals surface area contributed by atoms with E-state index in [1.165, 1.54) is 0 Å². The molecule has 1 aromatic rings. The molecule has 0 radical (unpaired) electrons. The molecule has 1 aromatic carbocycles. The predicted molar refractivity (Wildman–Crippen MR) is 70.1 cm³/mol. The Hall–Kier alpha value is -1.39. The number of benzene rings is 1. The van der Waals surface area contributed by atoms with Crippen LogP contribution < -0.4 is 5.32 Å². The Bertz CT molecular complexity index is 377. The fourth-order valence-electron chi connectivity index (χ4n) is 1.63. The van der Waals surface area contributed by atoms with E-state index in [1.54, 1.807) is 7.11 Å². The minimum absolute atomic E-state index is 0.0694. The molecule has 0 atom stereocenters. The molecule has 4 nitrogen and oxygen atoms in total. The highest BCUT2D eigenvalue weighted by atomic mass is 16.5. The number of esters is 1. The number of carbonyl (C=O) groups excluding carboxylic acids is 1. The van der Waals surface area contributed by atoms with Gasteiger partial charge < -0.3 is 14.8 Å². The zero-order chi connectivity index (χ0) is 13.4. The van der Waals surface area contributed by atoms with E-state index < -0.39 is 0 Å². The molecule has 18 heavy (non-hydrogen) atoms. The van der Waals surface area contributed by atoms with Crippen molar-refractivity contribution in [3.05, 3.63) is 35.4 Å². The van der Waals surface area contributed by atoms with Gasteiger partial charge in [0.1, 0.15) is 0 Å². The van der Waals surface area contributed by atoms with Crippen LogP contribution in [0, 0.1) is 0 Å². The lowest BCUT2D eigenvalue weighted by Crippen LogP contribution is -2.26. The Kier molecular flexibility index (Phi) is 6.39. The summed E-state index contributed by atoms with van der Waals surface area (Å²) < 4.78 is 10.2. The smallest absolute Gasteiger partial charge is 0.320 e. The van der Waals surface area contributed by atoms with Crippen LogP contribution in [0.4, 0.5) is 0 Å². The van der Waals surface area contributed by atoms with E-state index in [4.69, 9.17) is 9.47 Å². The molecule has 0 aliphatic carbocycles. The van der Waals surface area contributed by atoms with Gasteiger partial charge in [0.2, 0.25) is 0 Å². The van der Waals surface area contributed by atoms with Gasteiger partial charge in [0.05, 0.1) is 19.3 Å². The van der Waals surface area contributed by atoms with Crippen molar-refractivity contribution < 1.29 is 14.3 Å². The fraction of sp³-hybridized carbons (Fsp3) is 0.500. The van der Waals surface area contributed by atoms with E-state index >= 15 is 0 Å². The number of ether oxygens (including phenoxy) is 2. The number of hydrogen-bond donors (Lipinski definition) is 1. The highest BCUT2D eigenvalue weighted by Crippen LogP contribution is 2.09. The third-order valence-electron chi connectivity index (χ3n) is 2.37. The molecule has 0 aliphatic heterocycles. The summed E-state index contributed by atoms with van der Waals surface area (Å²) in [6.45, 7) is 5.11. The summed E-state index contributed by atoms with van der Waals surface area (Å²) in [5.41, 5.74) is 2.27. The minimum atomic E-state index is -0.228. The maximum absolute atomic E-state index is 11.3. The molecule has 0 aromatic heterocycles. The van der Waals surface area contributed by atoms with Crippen LogP contribution in [-0.4, -0.2) is 25.7 Å². The molecule has 0 bridgehead atoms. The number of methoxy groups -OCH3 is 1. The number of nitrogens with one attached hydrogen (secondary N) is 1. The lowest BCUT2D eigenvalue weighted by atomic mass is 10.1. The van der Waals surface area contributed by atoms with Gasteiger partial charge in [-0.3, -0.25) is 4.79 Å². The van der Waals surface area contributed by atoms with Crippen LogP contribution in [0.3, 0.4) is 0 Å². The second-order valence-corrected chi connectivity index (χ2v) is 4.34. The fourth-order valence-corrected chi connectivity index (χ4v) is 1.63. The SMILES string of the molecule is COCc1ccccc1CNCC(=O)OC(C)C. The number of hydrogen-bond acceptors (Lipinski definition) is 4. The molecular formula is C14H21NO3. The third kappa shape index (κ3) is 5.29. The first-order valence-electron chi connectivity index (χ1n) is 6.09. The molecule has 0 unspecified atom stereocenters. The van der Waals surface area contributed by atoms with Crippen molar-refractivity contribution in [1.82, 2.24) is 5.32 Å². The Morgan fingerprint density at radius 1 is 1.28 bits per heavy atom. The van der Waals surface area contributed by atoms with Gasteiger partial charge in [0.25, 0.3) is 0 Å². The summed E-state index contributed by atoms with van der Waals surface area (Å²) in [5, 5.41) is 3.08. The summed E-state index contributed by atoms with van der Waals surface area (Å²) in [4.78, 5) is 11.3. The van der Waals surface area contributed by atoms with Crippen molar-refractivity contribution in [3.8, 4) is 0 Å². The average Bonchev–Trinajstić information content (AvgIpc) is 2.30. The van der Waals surface area contributed by atoms with Gasteiger partial charge >= 0.3 is 5.97 Å². The normalized spacial score (nSPS) is 10.7. The van der Waals surface area contributed by atoms with Crippen LogP contribution in [0.5, 0.6) is 0 Å². The summed E-state index contributed by atoms with van der Waals surface area (Å²) in [6.07, 6.45) is -0.0694. The van der Waals surface area contributed by atoms with Crippen LogP contribution in [-0.2, 0) is 27.4 Å². The average molecular weight is 251 g/mol. The monoisotopic (exact) mass is 251 g/mol. The summed E-state index contributed by atoms with van der Waals surface area (Å²) in [6, 6.07) is 8.00. The second-order valence-electron chi connectivity index (χ2n) is 4.34. The van der Waals surface area contributed by atoms with Crippen LogP contribution in [0.25, 0.3) is 0 Å². The molecule has 0 fully saturated rings. The second kappa shape index (κ2) is 7.84. The molecule has 1 rings (SSSR count). The van der Waals surface area contributed by atoms with Crippen LogP contribution >= 0.6 is 0 Å². The molecule has 0 spiro atoms. The lowest BCUT2D eigenvalue weighted by Gasteiger charge is -2.11. The zero-order valence-electron chi connectivity index (χ0n) is 11.2. The Balaban J connectivity index is 2.41. The Morgan fingerprint density at radius 3 is 2.56 bits per heavy atom. The number of carbonyl (C=O) groups is 1. The predicted octanol–water partition coefficient (Wildman–Crippen LogP) is 1.87. The van der Waals surface area contributed by atoms with Crippen molar-refractivity contribution in [2.24, 2.45) is 0 Å². The molecular weight excluding hydrogens is 230 g/mol. The molecule has 0 saturated carbocycles. The van der Waals surface area contributed by atoms with Gasteiger partial charge in [-0.15, -0.1) is 0 Å². The van der Waals surface area contributed by atoms with E-state index in [0.717, 1.165) is 11.1 Å². The van der Waals surface area contributed by atoms with E-state index in [1.807, 2.05) is 38.1 Å². The Labute approximate surface area is 108 Å². The lowest BCUT2D eigenvalue weighted by molar-refractivity contribution is -0.146. The zero-order valence-corrected chi connectivity index (χ0v) is 11.2. The maximum Gasteiger partial charge on any atom is 0.320 e. The van der Waals surface area contributed by atoms with E-state index in [-0.39, 0.29) is 18.6 Å². The van der Waals surface area contributed by atoms with Gasteiger partial charge in [-0.1, -0.05) is 24.3 Å². The topological polar surface area (TPSA) is 47.6 Å². The first-order valence-corrected chi connectivity index (χ1v) is 6.09. The summed E-state index contributed by atoms with van der Waals surface area (Å²) in [5.74, 6) is -0.228. The molecule has 0 heterocycles. The van der Waals surface area contributed by atoms with Crippen molar-refractivity contribution in [3.63, 3.8) is 0 Å². The standard InChI is InChI=1S/C14H21NO3/c1-11(2)18-14(16)9-15-8-12-6-4-5-7-13(12)10-17-3/h4-7,11,15H,8-10H2,1-3H3. The highest BCUT2D eigenvalue weighted by molar-refractivity contribution is 5.71. The minimum Gasteiger partial charge on any atom is -0.462 e. The summed E-state index contributed by atoms with van der Waals surface area (Å²) >= 11 is 0. The molecule has 100 valence electrons. The van der Waals surface area contributed by atoms with Crippen LogP contribution in [0.2, 0.25) is 0 Å². The van der Waals surface area contributed by atoms with Gasteiger partial charge in [-0.25, -0.2) is 0 Å². The van der Waals surface area contributed by atoms with Gasteiger partial charge in [0.15, 0.2) is 0 Å². The first kappa shape index (κ1) is 14.7. The van der Waals surface area contributed by atoms with Crippen LogP contribution in [0.1, 0.15) is 25.0 Å². The molecule has 0 amide bonds. The van der Waals surface area contributed by atoms with Crippen molar-refractivity contribution in [2.75, 3.05) is 13.7 Å². The van der Waals surface area contributed by atoms with E-state index in [9.17, 15) is 4.79 Å². The van der Waals surface area contributed by atoms with Crippen molar-refractivity contribution >= 4 is 5.97 Å². The maximum atomic E-state index is 11.3. The third-order valence-corrected chi connectivity index (χ3v) is 2.37. The Morgan fingerprint density at radius 2 is 1.94 bits per heavy atom. The quantitative estimate of drug-likeness (QED) is 0.752. The van der Waals surface area contributed by atoms with Crippen molar-refractivity contribution in [2.45, 2.75) is 33.1 Å². The van der Waals surface area contributed by atoms with E-state index in [2.05, 4.69) is 5.32 Å². The van der Waals surface area contributed by atoms with Crippen molar-refractivity contribution in [1.29, 1.82) is 0 Å². The number of rotatable bonds is 7. The van der Waals surface area contributed by atoms with Crippen LogP contribution in [0.15, 0.2) is 24.3 Å². The van der Waals surface area contributed by atoms with Gasteiger partial charge in [-0.2, -0.15) is 0 Å². The van der Waals surface area contributed by atoms with Gasteiger partial charge in [0, 0.05) is 13.7 Å². The first-order chi connectivity index (χ1) is 8.63. The molecule has 1 N–H and O–H groups in total. The molecule has 0 saturated heterocycles.